The van der Waals surface area contributed by atoms with Crippen LogP contribution in [0.15, 0.2) is 36.7 Å². The molecular weight excluding hydrogens is 347 g/mol. The van der Waals surface area contributed by atoms with E-state index in [1.54, 1.807) is 30.3 Å². The largest absolute Gasteiger partial charge is 0.479 e. The zero-order chi connectivity index (χ0) is 17.8. The monoisotopic (exact) mass is 364 g/mol. The number of aromatic nitrogens is 2. The zero-order valence-electron chi connectivity index (χ0n) is 13.7. The van der Waals surface area contributed by atoms with Crippen LogP contribution >= 0.6 is 11.6 Å². The molecule has 1 aromatic heterocycles. The van der Waals surface area contributed by atoms with E-state index in [1.165, 1.54) is 12.1 Å². The summed E-state index contributed by atoms with van der Waals surface area (Å²) in [6.07, 6.45) is 2.69. The zero-order valence-corrected chi connectivity index (χ0v) is 14.5. The lowest BCUT2D eigenvalue weighted by Gasteiger charge is -2.35. The van der Waals surface area contributed by atoms with E-state index in [0.29, 0.717) is 37.9 Å². The van der Waals surface area contributed by atoms with Crippen molar-refractivity contribution in [2.45, 2.75) is 13.0 Å². The van der Waals surface area contributed by atoms with Crippen LogP contribution in [-0.2, 0) is 4.79 Å². The van der Waals surface area contributed by atoms with E-state index in [2.05, 4.69) is 9.97 Å². The van der Waals surface area contributed by atoms with Crippen molar-refractivity contribution in [2.75, 3.05) is 31.1 Å². The van der Waals surface area contributed by atoms with Crippen molar-refractivity contribution < 1.29 is 13.9 Å². The lowest BCUT2D eigenvalue weighted by atomic mass is 10.2. The molecule has 2 aromatic rings. The number of piperazine rings is 1. The highest BCUT2D eigenvalue weighted by Gasteiger charge is 2.27. The van der Waals surface area contributed by atoms with E-state index in [1.807, 2.05) is 4.90 Å². The lowest BCUT2D eigenvalue weighted by molar-refractivity contribution is -0.138. The second-order valence-corrected chi connectivity index (χ2v) is 6.10. The van der Waals surface area contributed by atoms with Gasteiger partial charge in [-0.3, -0.25) is 4.79 Å². The average molecular weight is 365 g/mol. The van der Waals surface area contributed by atoms with Gasteiger partial charge in [0, 0.05) is 38.6 Å². The molecule has 0 saturated carbocycles. The Morgan fingerprint density at radius 1 is 1.24 bits per heavy atom. The lowest BCUT2D eigenvalue weighted by Crippen LogP contribution is -2.52. The number of carbonyl (C=O) groups excluding carboxylic acids is 1. The summed E-state index contributed by atoms with van der Waals surface area (Å²) in [5, 5.41) is 0.144. The smallest absolute Gasteiger partial charge is 0.263 e. The topological polar surface area (TPSA) is 58.6 Å². The van der Waals surface area contributed by atoms with Gasteiger partial charge in [0.2, 0.25) is 5.95 Å². The highest BCUT2D eigenvalue weighted by Crippen LogP contribution is 2.26. The van der Waals surface area contributed by atoms with Crippen molar-refractivity contribution in [1.82, 2.24) is 14.9 Å². The molecule has 3 rings (SSSR count). The van der Waals surface area contributed by atoms with Crippen molar-refractivity contribution >= 4 is 23.5 Å². The van der Waals surface area contributed by atoms with Crippen LogP contribution in [0.1, 0.15) is 6.92 Å². The molecule has 1 fully saturated rings. The molecule has 1 aliphatic rings. The van der Waals surface area contributed by atoms with E-state index in [9.17, 15) is 9.18 Å². The standard InChI is InChI=1S/C17H18ClFN4O2/c1-12(25-15-4-3-13(19)11-14(15)18)16(24)22-7-9-23(10-8-22)17-20-5-2-6-21-17/h2-6,11-12H,7-10H2,1H3/t12-/m1/s1. The maximum Gasteiger partial charge on any atom is 0.263 e. The second-order valence-electron chi connectivity index (χ2n) is 5.70. The summed E-state index contributed by atoms with van der Waals surface area (Å²) in [5.74, 6) is 0.377. The van der Waals surface area contributed by atoms with Crippen LogP contribution in [0.5, 0.6) is 5.75 Å². The Bertz CT molecular complexity index is 739. The molecule has 132 valence electrons. The summed E-state index contributed by atoms with van der Waals surface area (Å²) < 4.78 is 18.7. The molecule has 0 radical (unpaired) electrons. The van der Waals surface area contributed by atoms with E-state index in [0.717, 1.165) is 6.07 Å². The summed E-state index contributed by atoms with van der Waals surface area (Å²) in [7, 11) is 0. The van der Waals surface area contributed by atoms with Crippen LogP contribution in [0.3, 0.4) is 0 Å². The molecule has 0 aliphatic carbocycles. The number of halogens is 2. The first kappa shape index (κ1) is 17.4. The van der Waals surface area contributed by atoms with Gasteiger partial charge in [-0.2, -0.15) is 0 Å². The van der Waals surface area contributed by atoms with Crippen LogP contribution in [0, 0.1) is 5.82 Å². The van der Waals surface area contributed by atoms with Crippen molar-refractivity contribution in [3.8, 4) is 5.75 Å². The normalized spacial score (nSPS) is 15.8. The molecule has 2 heterocycles. The number of ether oxygens (including phenoxy) is 1. The number of rotatable bonds is 4. The first-order valence-corrected chi connectivity index (χ1v) is 8.35. The van der Waals surface area contributed by atoms with E-state index < -0.39 is 11.9 Å². The fraction of sp³-hybridized carbons (Fsp3) is 0.353. The number of hydrogen-bond donors (Lipinski definition) is 0. The second kappa shape index (κ2) is 7.65. The van der Waals surface area contributed by atoms with E-state index in [4.69, 9.17) is 16.3 Å². The minimum atomic E-state index is -0.706. The summed E-state index contributed by atoms with van der Waals surface area (Å²) in [6, 6.07) is 5.60. The van der Waals surface area contributed by atoms with Crippen LogP contribution in [0.25, 0.3) is 0 Å². The Morgan fingerprint density at radius 3 is 2.56 bits per heavy atom. The molecule has 1 saturated heterocycles. The molecule has 8 heteroatoms. The summed E-state index contributed by atoms with van der Waals surface area (Å²) in [4.78, 5) is 24.8. The predicted molar refractivity (Wildman–Crippen MR) is 92.3 cm³/mol. The summed E-state index contributed by atoms with van der Waals surface area (Å²) in [6.45, 7) is 4.08. The summed E-state index contributed by atoms with van der Waals surface area (Å²) >= 11 is 5.94. The first-order valence-electron chi connectivity index (χ1n) is 7.97. The molecule has 0 unspecified atom stereocenters. The summed E-state index contributed by atoms with van der Waals surface area (Å²) in [5.41, 5.74) is 0. The van der Waals surface area contributed by atoms with Crippen molar-refractivity contribution in [3.05, 3.63) is 47.5 Å². The Balaban J connectivity index is 1.56. The Labute approximate surface area is 150 Å². The molecule has 1 aliphatic heterocycles. The van der Waals surface area contributed by atoms with E-state index in [-0.39, 0.29) is 10.9 Å². The number of hydrogen-bond acceptors (Lipinski definition) is 5. The SMILES string of the molecule is C[C@@H](Oc1ccc(F)cc1Cl)C(=O)N1CCN(c2ncccn2)CC1. The maximum absolute atomic E-state index is 13.1. The first-order chi connectivity index (χ1) is 12.0. The van der Waals surface area contributed by atoms with Gasteiger partial charge < -0.3 is 14.5 Å². The van der Waals surface area contributed by atoms with Crippen LogP contribution in [-0.4, -0.2) is 53.1 Å². The Hall–Kier alpha value is -2.41. The van der Waals surface area contributed by atoms with Crippen molar-refractivity contribution in [2.24, 2.45) is 0 Å². The number of benzene rings is 1. The van der Waals surface area contributed by atoms with Gasteiger partial charge >= 0.3 is 0 Å². The molecule has 25 heavy (non-hydrogen) atoms. The molecule has 1 aromatic carbocycles. The maximum atomic E-state index is 13.1. The fourth-order valence-corrected chi connectivity index (χ4v) is 2.86. The molecule has 1 amide bonds. The molecule has 6 nitrogen and oxygen atoms in total. The number of carbonyl (C=O) groups is 1. The third-order valence-corrected chi connectivity index (χ3v) is 4.27. The quantitative estimate of drug-likeness (QED) is 0.833. The third-order valence-electron chi connectivity index (χ3n) is 3.97. The van der Waals surface area contributed by atoms with Gasteiger partial charge in [0.25, 0.3) is 5.91 Å². The molecular formula is C17H18ClFN4O2. The predicted octanol–water partition coefficient (Wildman–Crippen LogP) is 2.39. The van der Waals surface area contributed by atoms with Gasteiger partial charge in [0.15, 0.2) is 6.10 Å². The van der Waals surface area contributed by atoms with Gasteiger partial charge in [0.1, 0.15) is 11.6 Å². The van der Waals surface area contributed by atoms with Crippen molar-refractivity contribution in [3.63, 3.8) is 0 Å². The van der Waals surface area contributed by atoms with Gasteiger partial charge in [-0.1, -0.05) is 11.6 Å². The Kier molecular flexibility index (Phi) is 5.33. The van der Waals surface area contributed by atoms with E-state index >= 15 is 0 Å². The molecule has 0 N–H and O–H groups in total. The van der Waals surface area contributed by atoms with Gasteiger partial charge in [-0.15, -0.1) is 0 Å². The Morgan fingerprint density at radius 2 is 1.92 bits per heavy atom. The highest BCUT2D eigenvalue weighted by atomic mass is 35.5. The third kappa shape index (κ3) is 4.17. The van der Waals surface area contributed by atoms with Gasteiger partial charge in [-0.25, -0.2) is 14.4 Å². The van der Waals surface area contributed by atoms with Gasteiger partial charge in [-0.05, 0) is 31.2 Å². The van der Waals surface area contributed by atoms with Crippen LogP contribution < -0.4 is 9.64 Å². The minimum absolute atomic E-state index is 0.131. The number of nitrogens with zero attached hydrogens (tertiary/aromatic N) is 4. The molecule has 1 atom stereocenters. The average Bonchev–Trinajstić information content (AvgIpc) is 2.64. The number of amides is 1. The molecule has 0 bridgehead atoms. The fourth-order valence-electron chi connectivity index (χ4n) is 2.65. The van der Waals surface area contributed by atoms with Crippen LogP contribution in [0.2, 0.25) is 5.02 Å². The molecule has 0 spiro atoms. The van der Waals surface area contributed by atoms with Crippen molar-refractivity contribution in [1.29, 1.82) is 0 Å². The van der Waals surface area contributed by atoms with Crippen LogP contribution in [0.4, 0.5) is 10.3 Å². The minimum Gasteiger partial charge on any atom is -0.479 e. The van der Waals surface area contributed by atoms with Gasteiger partial charge in [0.05, 0.1) is 5.02 Å². The highest BCUT2D eigenvalue weighted by molar-refractivity contribution is 6.32. The number of anilines is 1.